The van der Waals surface area contributed by atoms with Crippen molar-refractivity contribution < 1.29 is 19.0 Å². The molecule has 0 aromatic heterocycles. The zero-order valence-corrected chi connectivity index (χ0v) is 18.1. The predicted molar refractivity (Wildman–Crippen MR) is 124 cm³/mol. The Morgan fingerprint density at radius 3 is 2.41 bits per heavy atom. The van der Waals surface area contributed by atoms with E-state index in [0.717, 1.165) is 33.4 Å². The summed E-state index contributed by atoms with van der Waals surface area (Å²) in [7, 11) is 0. The van der Waals surface area contributed by atoms with Crippen LogP contribution in [0.15, 0.2) is 78.9 Å². The number of benzene rings is 2. The summed E-state index contributed by atoms with van der Waals surface area (Å²) in [5.41, 5.74) is 7.29. The Kier molecular flexibility index (Phi) is 5.28. The monoisotopic (exact) mass is 424 g/mol. The molecule has 32 heavy (non-hydrogen) atoms. The largest absolute Gasteiger partial charge is 0.465 e. The van der Waals surface area contributed by atoms with Gasteiger partial charge in [0.05, 0.1) is 6.61 Å². The van der Waals surface area contributed by atoms with Crippen molar-refractivity contribution in [3.8, 4) is 33.8 Å². The van der Waals surface area contributed by atoms with E-state index in [0.29, 0.717) is 18.1 Å². The molecule has 0 radical (unpaired) electrons. The summed E-state index contributed by atoms with van der Waals surface area (Å²) < 4.78 is 16.6. The molecule has 0 bridgehead atoms. The lowest BCUT2D eigenvalue weighted by atomic mass is 9.89. The SMILES string of the molecule is CCOC(=O)C(c1ccc2c(c1)OCO2)c1cc(-c2ccc(C)cc2)c2cccccc1-2. The molecule has 0 spiro atoms. The summed E-state index contributed by atoms with van der Waals surface area (Å²) in [6.07, 6.45) is 0. The standard InChI is InChI=1S/C28H24O4/c1-3-30-28(29)27(20-13-14-25-26(15-20)32-17-31-25)24-16-23(19-11-9-18(2)10-12-19)21-7-5-4-6-8-22(21)24/h4-16,27H,3,17H2,1-2H3. The van der Waals surface area contributed by atoms with Crippen molar-refractivity contribution in [2.24, 2.45) is 0 Å². The zero-order chi connectivity index (χ0) is 22.1. The number of aryl methyl sites for hydroxylation is 1. The normalized spacial score (nSPS) is 13.2. The fourth-order valence-corrected chi connectivity index (χ4v) is 4.32. The van der Waals surface area contributed by atoms with Gasteiger partial charge in [-0.05, 0) is 65.4 Å². The molecule has 2 aliphatic carbocycles. The Bertz CT molecular complexity index is 1240. The maximum absolute atomic E-state index is 13.3. The third-order valence-electron chi connectivity index (χ3n) is 5.87. The van der Waals surface area contributed by atoms with Crippen molar-refractivity contribution in [2.75, 3.05) is 13.4 Å². The van der Waals surface area contributed by atoms with Crippen molar-refractivity contribution >= 4 is 5.97 Å². The molecule has 160 valence electrons. The van der Waals surface area contributed by atoms with Crippen molar-refractivity contribution in [1.29, 1.82) is 0 Å². The number of esters is 1. The third-order valence-corrected chi connectivity index (χ3v) is 5.87. The average Bonchev–Trinajstić information content (AvgIpc) is 3.31. The highest BCUT2D eigenvalue weighted by molar-refractivity contribution is 5.94. The van der Waals surface area contributed by atoms with Crippen LogP contribution in [-0.4, -0.2) is 19.4 Å². The van der Waals surface area contributed by atoms with E-state index in [9.17, 15) is 4.79 Å². The molecule has 2 aromatic carbocycles. The van der Waals surface area contributed by atoms with Gasteiger partial charge in [0.15, 0.2) is 11.5 Å². The van der Waals surface area contributed by atoms with Gasteiger partial charge in [-0.25, -0.2) is 0 Å². The topological polar surface area (TPSA) is 44.8 Å². The lowest BCUT2D eigenvalue weighted by Gasteiger charge is -2.17. The highest BCUT2D eigenvalue weighted by Gasteiger charge is 2.31. The number of hydrogen-bond acceptors (Lipinski definition) is 4. The second-order valence-corrected chi connectivity index (χ2v) is 7.92. The van der Waals surface area contributed by atoms with E-state index in [4.69, 9.17) is 14.2 Å². The quantitative estimate of drug-likeness (QED) is 0.358. The van der Waals surface area contributed by atoms with Crippen LogP contribution in [0.25, 0.3) is 22.3 Å². The first-order valence-electron chi connectivity index (χ1n) is 10.8. The Balaban J connectivity index is 1.71. The molecule has 1 aliphatic heterocycles. The molecule has 0 N–H and O–H groups in total. The minimum atomic E-state index is -0.575. The fraction of sp³-hybridized carbons (Fsp3) is 0.179. The molecule has 1 atom stereocenters. The second kappa shape index (κ2) is 8.39. The number of carbonyl (C=O) groups is 1. The lowest BCUT2D eigenvalue weighted by Crippen LogP contribution is -2.17. The van der Waals surface area contributed by atoms with Crippen molar-refractivity contribution in [3.63, 3.8) is 0 Å². The van der Waals surface area contributed by atoms with Gasteiger partial charge < -0.3 is 14.2 Å². The van der Waals surface area contributed by atoms with Gasteiger partial charge in [0.1, 0.15) is 5.92 Å². The van der Waals surface area contributed by atoms with Gasteiger partial charge in [-0.1, -0.05) is 66.2 Å². The van der Waals surface area contributed by atoms with E-state index in [1.807, 2.05) is 43.3 Å². The number of hydrogen-bond donors (Lipinski definition) is 0. The average molecular weight is 424 g/mol. The van der Waals surface area contributed by atoms with Crippen LogP contribution in [0.3, 0.4) is 0 Å². The molecule has 0 fully saturated rings. The van der Waals surface area contributed by atoms with Crippen LogP contribution in [0.5, 0.6) is 11.5 Å². The van der Waals surface area contributed by atoms with Crippen LogP contribution >= 0.6 is 0 Å². The second-order valence-electron chi connectivity index (χ2n) is 7.92. The highest BCUT2D eigenvalue weighted by atomic mass is 16.7. The van der Waals surface area contributed by atoms with Crippen molar-refractivity contribution in [2.45, 2.75) is 19.8 Å². The molecule has 1 heterocycles. The fourth-order valence-electron chi connectivity index (χ4n) is 4.32. The van der Waals surface area contributed by atoms with Crippen LogP contribution in [0.1, 0.15) is 29.5 Å². The molecule has 0 amide bonds. The maximum Gasteiger partial charge on any atom is 0.317 e. The molecule has 4 nitrogen and oxygen atoms in total. The Hall–Kier alpha value is -3.79. The maximum atomic E-state index is 13.3. The summed E-state index contributed by atoms with van der Waals surface area (Å²) in [5.74, 6) is 0.487. The highest BCUT2D eigenvalue weighted by Crippen LogP contribution is 2.45. The molecular weight excluding hydrogens is 400 g/mol. The number of fused-ring (bicyclic) bond motifs is 2. The first kappa shape index (κ1) is 20.1. The van der Waals surface area contributed by atoms with Gasteiger partial charge >= 0.3 is 5.97 Å². The summed E-state index contributed by atoms with van der Waals surface area (Å²) >= 11 is 0. The van der Waals surface area contributed by atoms with Crippen molar-refractivity contribution in [3.05, 3.63) is 95.6 Å². The van der Waals surface area contributed by atoms with E-state index in [1.165, 1.54) is 5.56 Å². The van der Waals surface area contributed by atoms with Gasteiger partial charge in [0.2, 0.25) is 6.79 Å². The minimum Gasteiger partial charge on any atom is -0.465 e. The molecule has 1 unspecified atom stereocenters. The summed E-state index contributed by atoms with van der Waals surface area (Å²) in [6.45, 7) is 4.41. The smallest absolute Gasteiger partial charge is 0.317 e. The Morgan fingerprint density at radius 1 is 0.875 bits per heavy atom. The lowest BCUT2D eigenvalue weighted by molar-refractivity contribution is -0.143. The zero-order valence-electron chi connectivity index (χ0n) is 18.1. The van der Waals surface area contributed by atoms with Gasteiger partial charge in [0.25, 0.3) is 0 Å². The Morgan fingerprint density at radius 2 is 1.62 bits per heavy atom. The molecular formula is C28H24O4. The van der Waals surface area contributed by atoms with Gasteiger partial charge in [0, 0.05) is 0 Å². The van der Waals surface area contributed by atoms with Crippen LogP contribution < -0.4 is 9.47 Å². The van der Waals surface area contributed by atoms with Crippen molar-refractivity contribution in [1.82, 2.24) is 0 Å². The first-order valence-corrected chi connectivity index (χ1v) is 10.8. The molecule has 5 rings (SSSR count). The van der Waals surface area contributed by atoms with E-state index in [2.05, 4.69) is 49.4 Å². The molecule has 0 saturated carbocycles. The van der Waals surface area contributed by atoms with Gasteiger partial charge in [-0.15, -0.1) is 0 Å². The van der Waals surface area contributed by atoms with E-state index < -0.39 is 5.92 Å². The molecule has 3 aliphatic rings. The van der Waals surface area contributed by atoms with Gasteiger partial charge in [-0.2, -0.15) is 0 Å². The third kappa shape index (κ3) is 3.58. The Labute approximate surface area is 187 Å². The van der Waals surface area contributed by atoms with E-state index in [-0.39, 0.29) is 12.8 Å². The number of ether oxygens (including phenoxy) is 3. The summed E-state index contributed by atoms with van der Waals surface area (Å²) in [5, 5.41) is 0. The van der Waals surface area contributed by atoms with Crippen LogP contribution in [0.4, 0.5) is 0 Å². The number of carbonyl (C=O) groups excluding carboxylic acids is 1. The van der Waals surface area contributed by atoms with Gasteiger partial charge in [-0.3, -0.25) is 4.79 Å². The predicted octanol–water partition coefficient (Wildman–Crippen LogP) is 6.19. The molecule has 2 aromatic rings. The first-order chi connectivity index (χ1) is 15.7. The molecule has 0 saturated heterocycles. The summed E-state index contributed by atoms with van der Waals surface area (Å²) in [4.78, 5) is 13.3. The van der Waals surface area contributed by atoms with E-state index >= 15 is 0 Å². The van der Waals surface area contributed by atoms with Crippen LogP contribution in [-0.2, 0) is 9.53 Å². The molecule has 4 heteroatoms. The minimum absolute atomic E-state index is 0.190. The van der Waals surface area contributed by atoms with Crippen LogP contribution in [0, 0.1) is 6.92 Å². The van der Waals surface area contributed by atoms with Crippen LogP contribution in [0.2, 0.25) is 0 Å². The van der Waals surface area contributed by atoms with E-state index in [1.54, 1.807) is 0 Å². The summed E-state index contributed by atoms with van der Waals surface area (Å²) in [6, 6.07) is 26.5. The number of rotatable bonds is 5.